The molecular weight excluding hydrogens is 328 g/mol. The first-order valence-corrected chi connectivity index (χ1v) is 9.06. The Morgan fingerprint density at radius 2 is 2.08 bits per heavy atom. The summed E-state index contributed by atoms with van der Waals surface area (Å²) in [5, 5.41) is 15.3. The van der Waals surface area contributed by atoms with Crippen molar-refractivity contribution in [3.63, 3.8) is 0 Å². The van der Waals surface area contributed by atoms with Crippen molar-refractivity contribution in [3.8, 4) is 10.7 Å². The monoisotopic (exact) mass is 350 g/mol. The normalized spacial score (nSPS) is 19.2. The molecule has 1 aliphatic heterocycles. The van der Waals surface area contributed by atoms with E-state index in [4.69, 9.17) is 4.52 Å². The highest BCUT2D eigenvalue weighted by molar-refractivity contribution is 7.13. The number of hydrogen-bond acceptors (Lipinski definition) is 7. The Morgan fingerprint density at radius 3 is 2.67 bits per heavy atom. The zero-order chi connectivity index (χ0) is 17.1. The zero-order valence-electron chi connectivity index (χ0n) is 13.9. The second kappa shape index (κ2) is 7.42. The lowest BCUT2D eigenvalue weighted by atomic mass is 10.1. The van der Waals surface area contributed by atoms with Gasteiger partial charge in [-0.1, -0.05) is 18.1 Å². The smallest absolute Gasteiger partial charge is 0.320 e. The molecule has 1 fully saturated rings. The van der Waals surface area contributed by atoms with Crippen molar-refractivity contribution in [1.29, 1.82) is 0 Å². The van der Waals surface area contributed by atoms with Gasteiger partial charge in [0.2, 0.25) is 11.7 Å². The Balaban J connectivity index is 1.61. The third kappa shape index (κ3) is 3.50. The van der Waals surface area contributed by atoms with Gasteiger partial charge in [0.05, 0.1) is 10.9 Å². The molecule has 0 aromatic carbocycles. The number of thiophene rings is 1. The Morgan fingerprint density at radius 1 is 1.38 bits per heavy atom. The minimum absolute atomic E-state index is 0.0262. The number of piperazine rings is 1. The fourth-order valence-corrected chi connectivity index (χ4v) is 3.74. The lowest BCUT2D eigenvalue weighted by Gasteiger charge is -2.39. The van der Waals surface area contributed by atoms with Crippen LogP contribution in [0.2, 0.25) is 0 Å². The molecule has 2 aromatic heterocycles. The maximum absolute atomic E-state index is 11.3. The summed E-state index contributed by atoms with van der Waals surface area (Å²) in [6.45, 7) is 7.03. The average Bonchev–Trinajstić information content (AvgIpc) is 3.26. The summed E-state index contributed by atoms with van der Waals surface area (Å²) >= 11 is 1.58. The third-order valence-electron chi connectivity index (χ3n) is 4.55. The number of aromatic nitrogens is 2. The highest BCUT2D eigenvalue weighted by Crippen LogP contribution is 2.26. The number of aliphatic carboxylic acids is 1. The average molecular weight is 350 g/mol. The first-order chi connectivity index (χ1) is 11.6. The van der Waals surface area contributed by atoms with E-state index in [1.54, 1.807) is 11.3 Å². The zero-order valence-corrected chi connectivity index (χ0v) is 14.7. The fraction of sp³-hybridized carbons (Fsp3) is 0.562. The SMILES string of the molecule is CCC(C(=O)O)N1CCN(C(C)c2nc(-c3cccs3)no2)CC1. The van der Waals surface area contributed by atoms with E-state index in [-0.39, 0.29) is 6.04 Å². The maximum atomic E-state index is 11.3. The molecule has 0 radical (unpaired) electrons. The maximum Gasteiger partial charge on any atom is 0.320 e. The number of hydrogen-bond donors (Lipinski definition) is 1. The lowest BCUT2D eigenvalue weighted by Crippen LogP contribution is -2.52. The molecule has 1 aliphatic rings. The van der Waals surface area contributed by atoms with Crippen LogP contribution in [-0.4, -0.2) is 63.2 Å². The van der Waals surface area contributed by atoms with E-state index in [9.17, 15) is 9.90 Å². The van der Waals surface area contributed by atoms with Crippen molar-refractivity contribution >= 4 is 17.3 Å². The van der Waals surface area contributed by atoms with Crippen molar-refractivity contribution in [2.24, 2.45) is 0 Å². The van der Waals surface area contributed by atoms with Gasteiger partial charge in [-0.3, -0.25) is 14.6 Å². The summed E-state index contributed by atoms with van der Waals surface area (Å²) in [5.74, 6) is 0.496. The van der Waals surface area contributed by atoms with Gasteiger partial charge in [-0.2, -0.15) is 4.98 Å². The Labute approximate surface area is 144 Å². The van der Waals surface area contributed by atoms with Crippen molar-refractivity contribution < 1.29 is 14.4 Å². The molecule has 24 heavy (non-hydrogen) atoms. The standard InChI is InChI=1S/C16H22N4O3S/c1-3-12(16(21)22)20-8-6-19(7-9-20)11(2)15-17-14(18-23-15)13-5-4-10-24-13/h4-5,10-12H,3,6-9H2,1-2H3,(H,21,22). The Bertz CT molecular complexity index is 665. The van der Waals surface area contributed by atoms with Crippen LogP contribution in [0.5, 0.6) is 0 Å². The van der Waals surface area contributed by atoms with Crippen molar-refractivity contribution in [1.82, 2.24) is 19.9 Å². The third-order valence-corrected chi connectivity index (χ3v) is 5.42. The molecule has 3 rings (SSSR count). The van der Waals surface area contributed by atoms with E-state index in [1.165, 1.54) is 0 Å². The van der Waals surface area contributed by atoms with Gasteiger partial charge in [-0.25, -0.2) is 0 Å². The highest BCUT2D eigenvalue weighted by Gasteiger charge is 2.30. The molecule has 1 saturated heterocycles. The quantitative estimate of drug-likeness (QED) is 0.856. The number of nitrogens with zero attached hydrogens (tertiary/aromatic N) is 4. The summed E-state index contributed by atoms with van der Waals surface area (Å²) in [5.41, 5.74) is 0. The molecular formula is C16H22N4O3S. The van der Waals surface area contributed by atoms with Crippen LogP contribution in [0.15, 0.2) is 22.0 Å². The van der Waals surface area contributed by atoms with Gasteiger partial charge < -0.3 is 9.63 Å². The molecule has 0 bridgehead atoms. The van der Waals surface area contributed by atoms with E-state index in [2.05, 4.69) is 22.0 Å². The van der Waals surface area contributed by atoms with Crippen molar-refractivity contribution in [3.05, 3.63) is 23.4 Å². The molecule has 0 aliphatic carbocycles. The number of carboxylic acid groups (broad SMARTS) is 1. The van der Waals surface area contributed by atoms with E-state index in [0.29, 0.717) is 18.1 Å². The molecule has 2 aromatic rings. The second-order valence-corrected chi connectivity index (χ2v) is 6.89. The summed E-state index contributed by atoms with van der Waals surface area (Å²) in [7, 11) is 0. The summed E-state index contributed by atoms with van der Waals surface area (Å²) in [6.07, 6.45) is 0.624. The largest absolute Gasteiger partial charge is 0.480 e. The van der Waals surface area contributed by atoms with Gasteiger partial charge in [0.1, 0.15) is 6.04 Å². The molecule has 1 N–H and O–H groups in total. The first kappa shape index (κ1) is 17.1. The van der Waals surface area contributed by atoms with Gasteiger partial charge in [-0.15, -0.1) is 11.3 Å². The number of carbonyl (C=O) groups is 1. The second-order valence-electron chi connectivity index (χ2n) is 5.94. The van der Waals surface area contributed by atoms with Crippen LogP contribution in [0.3, 0.4) is 0 Å². The predicted octanol–water partition coefficient (Wildman–Crippen LogP) is 2.34. The minimum Gasteiger partial charge on any atom is -0.480 e. The Kier molecular flexibility index (Phi) is 5.27. The topological polar surface area (TPSA) is 82.7 Å². The molecule has 130 valence electrons. The van der Waals surface area contributed by atoms with E-state index in [0.717, 1.165) is 31.1 Å². The number of rotatable bonds is 6. The fourth-order valence-electron chi connectivity index (χ4n) is 3.09. The molecule has 0 spiro atoms. The van der Waals surface area contributed by atoms with Crippen molar-refractivity contribution in [2.75, 3.05) is 26.2 Å². The van der Waals surface area contributed by atoms with Gasteiger partial charge in [0.15, 0.2) is 0 Å². The van der Waals surface area contributed by atoms with Crippen LogP contribution < -0.4 is 0 Å². The highest BCUT2D eigenvalue weighted by atomic mass is 32.1. The van der Waals surface area contributed by atoms with Crippen LogP contribution in [0.25, 0.3) is 10.7 Å². The van der Waals surface area contributed by atoms with Crippen LogP contribution in [0, 0.1) is 0 Å². The van der Waals surface area contributed by atoms with E-state index >= 15 is 0 Å². The van der Waals surface area contributed by atoms with Crippen LogP contribution in [0.4, 0.5) is 0 Å². The summed E-state index contributed by atoms with van der Waals surface area (Å²) in [4.78, 5) is 21.1. The van der Waals surface area contributed by atoms with E-state index in [1.807, 2.05) is 29.3 Å². The lowest BCUT2D eigenvalue weighted by molar-refractivity contribution is -0.144. The molecule has 7 nitrogen and oxygen atoms in total. The van der Waals surface area contributed by atoms with Crippen LogP contribution >= 0.6 is 11.3 Å². The van der Waals surface area contributed by atoms with Crippen LogP contribution in [-0.2, 0) is 4.79 Å². The van der Waals surface area contributed by atoms with Crippen LogP contribution in [0.1, 0.15) is 32.2 Å². The summed E-state index contributed by atoms with van der Waals surface area (Å²) < 4.78 is 5.43. The molecule has 0 amide bonds. The predicted molar refractivity (Wildman–Crippen MR) is 90.9 cm³/mol. The van der Waals surface area contributed by atoms with Gasteiger partial charge in [0.25, 0.3) is 0 Å². The minimum atomic E-state index is -0.739. The van der Waals surface area contributed by atoms with E-state index < -0.39 is 12.0 Å². The molecule has 2 atom stereocenters. The number of carboxylic acids is 1. The summed E-state index contributed by atoms with van der Waals surface area (Å²) in [6, 6.07) is 3.57. The molecule has 3 heterocycles. The molecule has 8 heteroatoms. The van der Waals surface area contributed by atoms with Gasteiger partial charge >= 0.3 is 5.97 Å². The molecule has 0 saturated carbocycles. The van der Waals surface area contributed by atoms with Gasteiger partial charge in [0, 0.05) is 26.2 Å². The van der Waals surface area contributed by atoms with Gasteiger partial charge in [-0.05, 0) is 24.8 Å². The molecule has 2 unspecified atom stereocenters. The van der Waals surface area contributed by atoms with Crippen molar-refractivity contribution in [2.45, 2.75) is 32.4 Å². The first-order valence-electron chi connectivity index (χ1n) is 8.18. The Hall–Kier alpha value is -1.77.